The number of aromatic nitrogens is 2. The highest BCUT2D eigenvalue weighted by molar-refractivity contribution is 5.78. The Morgan fingerprint density at radius 3 is 2.89 bits per heavy atom. The first-order valence-electron chi connectivity index (χ1n) is 6.60. The Morgan fingerprint density at radius 1 is 1.32 bits per heavy atom. The molecule has 0 fully saturated rings. The highest BCUT2D eigenvalue weighted by atomic mass is 16.3. The van der Waals surface area contributed by atoms with E-state index in [1.54, 1.807) is 0 Å². The van der Waals surface area contributed by atoms with Crippen LogP contribution in [0.3, 0.4) is 0 Å². The first kappa shape index (κ1) is 12.0. The smallest absolute Gasteiger partial charge is 0.120 e. The van der Waals surface area contributed by atoms with E-state index in [-0.39, 0.29) is 5.92 Å². The molecular weight excluding hydrogens is 238 g/mol. The second kappa shape index (κ2) is 4.88. The zero-order chi connectivity index (χ0) is 13.2. The molecule has 1 aromatic rings. The Morgan fingerprint density at radius 2 is 2.16 bits per heavy atom. The number of aliphatic hydroxyl groups is 1. The third-order valence-electron chi connectivity index (χ3n) is 3.62. The van der Waals surface area contributed by atoms with Crippen molar-refractivity contribution >= 4 is 11.8 Å². The lowest BCUT2D eigenvalue weighted by atomic mass is 9.89. The molecule has 0 aromatic carbocycles. The van der Waals surface area contributed by atoms with Crippen LogP contribution in [0.15, 0.2) is 35.2 Å². The minimum atomic E-state index is 0.280. The van der Waals surface area contributed by atoms with Gasteiger partial charge in [-0.15, -0.1) is 0 Å². The molecule has 0 radical (unpaired) electrons. The van der Waals surface area contributed by atoms with Gasteiger partial charge in [0.15, 0.2) is 0 Å². The molecule has 98 valence electrons. The number of aliphatic hydroxyl groups excluding tert-OH is 1. The van der Waals surface area contributed by atoms with E-state index >= 15 is 0 Å². The van der Waals surface area contributed by atoms with Crippen molar-refractivity contribution in [2.24, 2.45) is 4.99 Å². The molecule has 0 saturated heterocycles. The van der Waals surface area contributed by atoms with Gasteiger partial charge in [-0.1, -0.05) is 12.2 Å². The fourth-order valence-corrected chi connectivity index (χ4v) is 2.66. The van der Waals surface area contributed by atoms with Crippen LogP contribution in [-0.4, -0.2) is 21.5 Å². The van der Waals surface area contributed by atoms with Gasteiger partial charge in [0.05, 0.1) is 5.69 Å². The molecule has 2 N–H and O–H groups in total. The molecule has 2 aliphatic rings. The van der Waals surface area contributed by atoms with E-state index < -0.39 is 0 Å². The van der Waals surface area contributed by atoms with E-state index in [1.165, 1.54) is 0 Å². The molecule has 1 unspecified atom stereocenters. The third-order valence-corrected chi connectivity index (χ3v) is 3.62. The Balaban J connectivity index is 2.03. The van der Waals surface area contributed by atoms with Gasteiger partial charge < -0.3 is 5.11 Å². The highest BCUT2D eigenvalue weighted by Gasteiger charge is 2.23. The quantitative estimate of drug-likeness (QED) is 0.850. The molecule has 1 aromatic heterocycles. The molecule has 0 spiro atoms. The first-order chi connectivity index (χ1) is 9.27. The first-order valence-corrected chi connectivity index (χ1v) is 6.60. The molecular formula is C15H17N3O. The Bertz CT molecular complexity index is 605. The molecule has 4 nitrogen and oxygen atoms in total. The predicted octanol–water partition coefficient (Wildman–Crippen LogP) is 3.41. The minimum absolute atomic E-state index is 0.280. The van der Waals surface area contributed by atoms with Gasteiger partial charge in [0.2, 0.25) is 0 Å². The third kappa shape index (κ3) is 2.14. The molecule has 2 heterocycles. The van der Waals surface area contributed by atoms with Crippen LogP contribution in [0.1, 0.15) is 42.1 Å². The zero-order valence-corrected chi connectivity index (χ0v) is 10.9. The van der Waals surface area contributed by atoms with Crippen molar-refractivity contribution in [1.82, 2.24) is 10.2 Å². The van der Waals surface area contributed by atoms with Gasteiger partial charge in [0.1, 0.15) is 5.76 Å². The maximum Gasteiger partial charge on any atom is 0.120 e. The van der Waals surface area contributed by atoms with E-state index in [1.807, 2.05) is 25.4 Å². The summed E-state index contributed by atoms with van der Waals surface area (Å²) in [5.74, 6) is 0.620. The second-order valence-corrected chi connectivity index (χ2v) is 4.91. The minimum Gasteiger partial charge on any atom is -0.508 e. The van der Waals surface area contributed by atoms with Gasteiger partial charge in [-0.25, -0.2) is 0 Å². The molecule has 0 saturated carbocycles. The lowest BCUT2D eigenvalue weighted by Crippen LogP contribution is -2.05. The number of nitrogens with zero attached hydrogens (tertiary/aromatic N) is 2. The maximum atomic E-state index is 10.0. The van der Waals surface area contributed by atoms with Crippen molar-refractivity contribution in [3.05, 3.63) is 47.1 Å². The number of nitrogens with one attached hydrogen (secondary N) is 1. The van der Waals surface area contributed by atoms with Crippen molar-refractivity contribution in [2.45, 2.75) is 32.1 Å². The van der Waals surface area contributed by atoms with Crippen molar-refractivity contribution in [3.63, 3.8) is 0 Å². The summed E-state index contributed by atoms with van der Waals surface area (Å²) in [6.07, 6.45) is 12.5. The summed E-state index contributed by atoms with van der Waals surface area (Å²) in [6.45, 7) is 2.02. The summed E-state index contributed by atoms with van der Waals surface area (Å²) < 4.78 is 0. The van der Waals surface area contributed by atoms with E-state index in [0.717, 1.165) is 41.8 Å². The van der Waals surface area contributed by atoms with Gasteiger partial charge in [0.25, 0.3) is 0 Å². The monoisotopic (exact) mass is 255 g/mol. The van der Waals surface area contributed by atoms with Crippen LogP contribution < -0.4 is 0 Å². The van der Waals surface area contributed by atoms with Gasteiger partial charge in [0, 0.05) is 35.2 Å². The Hall–Kier alpha value is -2.10. The summed E-state index contributed by atoms with van der Waals surface area (Å²) in [7, 11) is 0. The topological polar surface area (TPSA) is 61.3 Å². The number of hydrogen-bond donors (Lipinski definition) is 2. The van der Waals surface area contributed by atoms with Gasteiger partial charge in [-0.2, -0.15) is 5.10 Å². The fourth-order valence-electron chi connectivity index (χ4n) is 2.66. The van der Waals surface area contributed by atoms with Crippen molar-refractivity contribution in [1.29, 1.82) is 0 Å². The number of aryl methyl sites for hydroxylation is 1. The summed E-state index contributed by atoms with van der Waals surface area (Å²) in [5.41, 5.74) is 3.94. The highest BCUT2D eigenvalue weighted by Crippen LogP contribution is 2.35. The molecule has 4 heteroatoms. The largest absolute Gasteiger partial charge is 0.508 e. The van der Waals surface area contributed by atoms with Gasteiger partial charge in [-0.3, -0.25) is 10.1 Å². The molecule has 0 bridgehead atoms. The molecule has 3 rings (SSSR count). The van der Waals surface area contributed by atoms with E-state index in [4.69, 9.17) is 0 Å². The number of hydrogen-bond acceptors (Lipinski definition) is 3. The number of allylic oxidation sites excluding steroid dienone is 4. The van der Waals surface area contributed by atoms with Crippen LogP contribution >= 0.6 is 0 Å². The number of aromatic amines is 1. The SMILES string of the molecule is Cc1[nH]nc(C2=CCCC=C2O)c1C1C=CN=CC1. The van der Waals surface area contributed by atoms with Crippen LogP contribution in [-0.2, 0) is 0 Å². The molecule has 1 atom stereocenters. The van der Waals surface area contributed by atoms with Gasteiger partial charge >= 0.3 is 0 Å². The number of rotatable bonds is 2. The predicted molar refractivity (Wildman–Crippen MR) is 76.2 cm³/mol. The van der Waals surface area contributed by atoms with Crippen molar-refractivity contribution < 1.29 is 5.11 Å². The Labute approximate surface area is 112 Å². The van der Waals surface area contributed by atoms with Crippen LogP contribution in [0.5, 0.6) is 0 Å². The molecule has 1 aliphatic heterocycles. The molecule has 19 heavy (non-hydrogen) atoms. The van der Waals surface area contributed by atoms with Crippen LogP contribution in [0, 0.1) is 6.92 Å². The normalized spacial score (nSPS) is 22.3. The standard InChI is InChI=1S/C15H17N3O/c1-10-14(11-6-8-16-9-7-11)15(18-17-10)12-4-2-3-5-13(12)19/h4-6,8-9,11,19H,2-3,7H2,1H3,(H,17,18). The Kier molecular flexibility index (Phi) is 3.07. The van der Waals surface area contributed by atoms with Crippen LogP contribution in [0.2, 0.25) is 0 Å². The number of H-pyrrole nitrogens is 1. The maximum absolute atomic E-state index is 10.0. The van der Waals surface area contributed by atoms with E-state index in [2.05, 4.69) is 27.3 Å². The van der Waals surface area contributed by atoms with Crippen LogP contribution in [0.25, 0.3) is 5.57 Å². The average molecular weight is 255 g/mol. The lowest BCUT2D eigenvalue weighted by molar-refractivity contribution is 0.432. The average Bonchev–Trinajstić information content (AvgIpc) is 2.82. The molecule has 1 aliphatic carbocycles. The van der Waals surface area contributed by atoms with Crippen molar-refractivity contribution in [3.8, 4) is 0 Å². The van der Waals surface area contributed by atoms with E-state index in [9.17, 15) is 5.11 Å². The lowest BCUT2D eigenvalue weighted by Gasteiger charge is -2.16. The van der Waals surface area contributed by atoms with Crippen LogP contribution in [0.4, 0.5) is 0 Å². The summed E-state index contributed by atoms with van der Waals surface area (Å²) >= 11 is 0. The second-order valence-electron chi connectivity index (χ2n) is 4.91. The zero-order valence-electron chi connectivity index (χ0n) is 10.9. The fraction of sp³-hybridized carbons (Fsp3) is 0.333. The van der Waals surface area contributed by atoms with Crippen molar-refractivity contribution in [2.75, 3.05) is 0 Å². The van der Waals surface area contributed by atoms with E-state index in [0.29, 0.717) is 5.76 Å². The summed E-state index contributed by atoms with van der Waals surface area (Å²) in [6, 6.07) is 0. The van der Waals surface area contributed by atoms with Gasteiger partial charge in [-0.05, 0) is 32.3 Å². The molecule has 0 amide bonds. The summed E-state index contributed by atoms with van der Waals surface area (Å²) in [4.78, 5) is 4.11. The summed E-state index contributed by atoms with van der Waals surface area (Å²) in [5, 5.41) is 17.5. The number of aliphatic imine (C=N–C) groups is 1.